The van der Waals surface area contributed by atoms with Gasteiger partial charge in [0.15, 0.2) is 0 Å². The molecule has 0 bridgehead atoms. The molecule has 1 saturated heterocycles. The number of aliphatic carboxylic acids is 1. The summed E-state index contributed by atoms with van der Waals surface area (Å²) in [5, 5.41) is 9.04. The van der Waals surface area contributed by atoms with Gasteiger partial charge < -0.3 is 5.11 Å². The third-order valence-corrected chi connectivity index (χ3v) is 3.63. The number of carboxylic acid groups (broad SMARTS) is 1. The van der Waals surface area contributed by atoms with Crippen molar-refractivity contribution in [2.75, 3.05) is 13.1 Å². The molecule has 1 rings (SSSR count). The fourth-order valence-corrected chi connectivity index (χ4v) is 2.82. The van der Waals surface area contributed by atoms with Gasteiger partial charge in [-0.2, -0.15) is 0 Å². The molecule has 0 spiro atoms. The Hall–Kier alpha value is -0.570. The number of carboxylic acids is 1. The molecule has 3 heteroatoms. The predicted octanol–water partition coefficient (Wildman–Crippen LogP) is 2.51. The second kappa shape index (κ2) is 5.50. The normalized spacial score (nSPS) is 21.5. The molecule has 0 saturated carbocycles. The van der Waals surface area contributed by atoms with E-state index in [0.29, 0.717) is 6.42 Å². The minimum Gasteiger partial charge on any atom is -0.481 e. The zero-order valence-corrected chi connectivity index (χ0v) is 9.96. The molecule has 0 amide bonds. The van der Waals surface area contributed by atoms with Crippen LogP contribution in [0.3, 0.4) is 0 Å². The summed E-state index contributed by atoms with van der Waals surface area (Å²) < 4.78 is 0. The summed E-state index contributed by atoms with van der Waals surface area (Å²) in [6, 6.07) is 0. The van der Waals surface area contributed by atoms with Gasteiger partial charge in [-0.3, -0.25) is 9.69 Å². The van der Waals surface area contributed by atoms with E-state index in [4.69, 9.17) is 5.11 Å². The molecular formula is C12H23NO2. The van der Waals surface area contributed by atoms with Crippen LogP contribution in [0.1, 0.15) is 52.4 Å². The average Bonchev–Trinajstić information content (AvgIpc) is 2.69. The summed E-state index contributed by atoms with van der Waals surface area (Å²) in [5.74, 6) is -0.655. The maximum atomic E-state index is 11.0. The Morgan fingerprint density at radius 2 is 1.93 bits per heavy atom. The Morgan fingerprint density at radius 1 is 1.33 bits per heavy atom. The van der Waals surface area contributed by atoms with Crippen LogP contribution in [-0.4, -0.2) is 34.6 Å². The molecule has 1 unspecified atom stereocenters. The van der Waals surface area contributed by atoms with Crippen LogP contribution < -0.4 is 0 Å². The van der Waals surface area contributed by atoms with E-state index in [1.54, 1.807) is 0 Å². The van der Waals surface area contributed by atoms with Gasteiger partial charge in [-0.05, 0) is 38.8 Å². The maximum absolute atomic E-state index is 11.0. The van der Waals surface area contributed by atoms with Crippen LogP contribution in [0.15, 0.2) is 0 Å². The lowest BCUT2D eigenvalue weighted by atomic mass is 9.85. The molecule has 1 atom stereocenters. The molecule has 3 nitrogen and oxygen atoms in total. The lowest BCUT2D eigenvalue weighted by molar-refractivity contribution is -0.140. The zero-order chi connectivity index (χ0) is 11.3. The molecule has 1 heterocycles. The summed E-state index contributed by atoms with van der Waals surface area (Å²) in [4.78, 5) is 13.4. The minimum absolute atomic E-state index is 0.0723. The van der Waals surface area contributed by atoms with E-state index in [-0.39, 0.29) is 5.54 Å². The Kier molecular flexibility index (Phi) is 4.58. The molecule has 0 aromatic rings. The summed E-state index contributed by atoms with van der Waals surface area (Å²) in [7, 11) is 0. The second-order valence-corrected chi connectivity index (χ2v) is 4.59. The van der Waals surface area contributed by atoms with Crippen molar-refractivity contribution >= 4 is 5.97 Å². The van der Waals surface area contributed by atoms with Crippen molar-refractivity contribution in [1.82, 2.24) is 4.90 Å². The molecule has 88 valence electrons. The molecule has 1 fully saturated rings. The highest BCUT2D eigenvalue weighted by Gasteiger charge is 2.37. The number of rotatable bonds is 6. The lowest BCUT2D eigenvalue weighted by Crippen LogP contribution is -2.48. The molecule has 1 N–H and O–H groups in total. The van der Waals surface area contributed by atoms with Crippen molar-refractivity contribution < 1.29 is 9.90 Å². The quantitative estimate of drug-likeness (QED) is 0.737. The molecule has 1 aliphatic rings. The highest BCUT2D eigenvalue weighted by Crippen LogP contribution is 2.32. The van der Waals surface area contributed by atoms with Gasteiger partial charge in [-0.15, -0.1) is 0 Å². The Balaban J connectivity index is 2.75. The molecule has 0 radical (unpaired) electrons. The Morgan fingerprint density at radius 3 is 2.33 bits per heavy atom. The van der Waals surface area contributed by atoms with Gasteiger partial charge in [0.1, 0.15) is 0 Å². The monoisotopic (exact) mass is 213 g/mol. The number of hydrogen-bond acceptors (Lipinski definition) is 2. The van der Waals surface area contributed by atoms with Crippen molar-refractivity contribution in [3.8, 4) is 0 Å². The van der Waals surface area contributed by atoms with E-state index in [1.165, 1.54) is 12.8 Å². The van der Waals surface area contributed by atoms with Gasteiger partial charge in [0, 0.05) is 5.54 Å². The Labute approximate surface area is 92.5 Å². The zero-order valence-electron chi connectivity index (χ0n) is 9.96. The first-order valence-electron chi connectivity index (χ1n) is 6.11. The number of carbonyl (C=O) groups is 1. The van der Waals surface area contributed by atoms with Crippen molar-refractivity contribution in [3.63, 3.8) is 0 Å². The third-order valence-electron chi connectivity index (χ3n) is 3.63. The second-order valence-electron chi connectivity index (χ2n) is 4.59. The lowest BCUT2D eigenvalue weighted by Gasteiger charge is -2.40. The van der Waals surface area contributed by atoms with Crippen LogP contribution in [0.25, 0.3) is 0 Å². The highest BCUT2D eigenvalue weighted by molar-refractivity contribution is 5.68. The van der Waals surface area contributed by atoms with Crippen LogP contribution >= 0.6 is 0 Å². The van der Waals surface area contributed by atoms with Crippen LogP contribution in [0.5, 0.6) is 0 Å². The minimum atomic E-state index is -0.655. The van der Waals surface area contributed by atoms with Crippen molar-refractivity contribution in [2.45, 2.75) is 57.9 Å². The van der Waals surface area contributed by atoms with Crippen LogP contribution in [-0.2, 0) is 4.79 Å². The molecular weight excluding hydrogens is 190 g/mol. The van der Waals surface area contributed by atoms with Crippen LogP contribution in [0.2, 0.25) is 0 Å². The van der Waals surface area contributed by atoms with E-state index < -0.39 is 5.97 Å². The van der Waals surface area contributed by atoms with Gasteiger partial charge in [0.2, 0.25) is 0 Å². The fraction of sp³-hybridized carbons (Fsp3) is 0.917. The molecule has 0 aliphatic carbocycles. The molecule has 1 aliphatic heterocycles. The first-order valence-corrected chi connectivity index (χ1v) is 6.11. The summed E-state index contributed by atoms with van der Waals surface area (Å²) in [6.07, 6.45) is 5.79. The summed E-state index contributed by atoms with van der Waals surface area (Å²) in [6.45, 7) is 6.43. The average molecular weight is 213 g/mol. The molecule has 0 aromatic heterocycles. The smallest absolute Gasteiger partial charge is 0.305 e. The summed E-state index contributed by atoms with van der Waals surface area (Å²) >= 11 is 0. The SMILES string of the molecule is CCCC(CC)(CC(=O)O)N1CCCC1. The van der Waals surface area contributed by atoms with Gasteiger partial charge in [0.25, 0.3) is 0 Å². The van der Waals surface area contributed by atoms with Crippen molar-refractivity contribution in [1.29, 1.82) is 0 Å². The number of nitrogens with zero attached hydrogens (tertiary/aromatic N) is 1. The first-order chi connectivity index (χ1) is 7.14. The van der Waals surface area contributed by atoms with Crippen molar-refractivity contribution in [3.05, 3.63) is 0 Å². The van der Waals surface area contributed by atoms with Crippen LogP contribution in [0.4, 0.5) is 0 Å². The Bertz CT molecular complexity index is 212. The molecule has 15 heavy (non-hydrogen) atoms. The standard InChI is InChI=1S/C12H23NO2/c1-3-7-12(4-2,10-11(14)15)13-8-5-6-9-13/h3-10H2,1-2H3,(H,14,15). The van der Waals surface area contributed by atoms with Crippen LogP contribution in [0, 0.1) is 0 Å². The number of likely N-dealkylation sites (tertiary alicyclic amines) is 1. The van der Waals surface area contributed by atoms with Gasteiger partial charge >= 0.3 is 5.97 Å². The predicted molar refractivity (Wildman–Crippen MR) is 61.0 cm³/mol. The maximum Gasteiger partial charge on any atom is 0.305 e. The van der Waals surface area contributed by atoms with Gasteiger partial charge in [0.05, 0.1) is 6.42 Å². The van der Waals surface area contributed by atoms with E-state index in [1.807, 2.05) is 0 Å². The number of hydrogen-bond donors (Lipinski definition) is 1. The largest absolute Gasteiger partial charge is 0.481 e. The van der Waals surface area contributed by atoms with Gasteiger partial charge in [-0.1, -0.05) is 20.3 Å². The van der Waals surface area contributed by atoms with Gasteiger partial charge in [-0.25, -0.2) is 0 Å². The van der Waals surface area contributed by atoms with Crippen molar-refractivity contribution in [2.24, 2.45) is 0 Å². The van der Waals surface area contributed by atoms with E-state index >= 15 is 0 Å². The first kappa shape index (κ1) is 12.5. The molecule has 0 aromatic carbocycles. The highest BCUT2D eigenvalue weighted by atomic mass is 16.4. The third kappa shape index (κ3) is 2.94. The van der Waals surface area contributed by atoms with E-state index in [0.717, 1.165) is 32.4 Å². The topological polar surface area (TPSA) is 40.5 Å². The van der Waals surface area contributed by atoms with E-state index in [9.17, 15) is 4.79 Å². The fourth-order valence-electron chi connectivity index (χ4n) is 2.82. The van der Waals surface area contributed by atoms with E-state index in [2.05, 4.69) is 18.7 Å². The summed E-state index contributed by atoms with van der Waals surface area (Å²) in [5.41, 5.74) is -0.0723.